The topological polar surface area (TPSA) is 95.5 Å². The van der Waals surface area contributed by atoms with Gasteiger partial charge in [0.2, 0.25) is 5.91 Å². The van der Waals surface area contributed by atoms with Crippen molar-refractivity contribution in [2.75, 3.05) is 36.4 Å². The Morgan fingerprint density at radius 3 is 2.48 bits per heavy atom. The van der Waals surface area contributed by atoms with Crippen LogP contribution in [0.3, 0.4) is 0 Å². The molecule has 2 aliphatic rings. The summed E-state index contributed by atoms with van der Waals surface area (Å²) in [5, 5.41) is 10.8. The van der Waals surface area contributed by atoms with Gasteiger partial charge in [-0.1, -0.05) is 0 Å². The maximum absolute atomic E-state index is 12.8. The van der Waals surface area contributed by atoms with E-state index in [0.29, 0.717) is 49.7 Å². The average molecular weight is 365 g/mol. The third-order valence-corrected chi connectivity index (χ3v) is 4.88. The number of benzene rings is 1. The number of carbonyl (C=O) groups is 3. The summed E-state index contributed by atoms with van der Waals surface area (Å²) in [6.07, 6.45) is 0.319. The summed E-state index contributed by atoms with van der Waals surface area (Å²) in [7, 11) is 0. The number of rotatable bonds is 3. The van der Waals surface area contributed by atoms with E-state index in [1.807, 2.05) is 4.90 Å². The van der Waals surface area contributed by atoms with Crippen LogP contribution >= 0.6 is 0 Å². The van der Waals surface area contributed by atoms with Crippen molar-refractivity contribution in [1.29, 1.82) is 0 Å². The van der Waals surface area contributed by atoms with E-state index in [9.17, 15) is 14.4 Å². The van der Waals surface area contributed by atoms with Gasteiger partial charge in [-0.3, -0.25) is 14.4 Å². The molecule has 8 nitrogen and oxygen atoms in total. The number of carbonyl (C=O) groups excluding carboxylic acids is 3. The first-order valence-electron chi connectivity index (χ1n) is 8.83. The first kappa shape index (κ1) is 17.1. The Labute approximate surface area is 156 Å². The number of fused-ring (bicyclic) bond motifs is 1. The van der Waals surface area contributed by atoms with E-state index in [1.165, 1.54) is 6.92 Å². The van der Waals surface area contributed by atoms with E-state index in [0.717, 1.165) is 11.3 Å². The standard InChI is InChI=1S/C19H19N5O3/c1-12(25)15-4-5-17(22-21-15)23-6-8-24(9-7-23)19(27)13-2-3-16-14(10-13)11-18(26)20-16/h2-5,10H,6-9,11H2,1H3,(H,20,26). The maximum atomic E-state index is 12.8. The van der Waals surface area contributed by atoms with Gasteiger partial charge in [-0.05, 0) is 35.9 Å². The Bertz CT molecular complexity index is 917. The van der Waals surface area contributed by atoms with Gasteiger partial charge in [-0.15, -0.1) is 10.2 Å². The number of ketones is 1. The fourth-order valence-corrected chi connectivity index (χ4v) is 3.37. The molecule has 2 amide bonds. The molecule has 3 heterocycles. The van der Waals surface area contributed by atoms with Crippen LogP contribution in [-0.2, 0) is 11.2 Å². The lowest BCUT2D eigenvalue weighted by Gasteiger charge is -2.35. The normalized spacial score (nSPS) is 16.1. The summed E-state index contributed by atoms with van der Waals surface area (Å²) in [6, 6.07) is 8.79. The van der Waals surface area contributed by atoms with Crippen molar-refractivity contribution >= 4 is 29.1 Å². The Morgan fingerprint density at radius 2 is 1.81 bits per heavy atom. The average Bonchev–Trinajstić information content (AvgIpc) is 3.07. The Hall–Kier alpha value is -3.29. The second-order valence-electron chi connectivity index (χ2n) is 6.71. The van der Waals surface area contributed by atoms with Gasteiger partial charge < -0.3 is 15.1 Å². The zero-order valence-corrected chi connectivity index (χ0v) is 14.9. The minimum absolute atomic E-state index is 0.0326. The second kappa shape index (κ2) is 6.79. The SMILES string of the molecule is CC(=O)c1ccc(N2CCN(C(=O)c3ccc4c(c3)CC(=O)N4)CC2)nn1. The molecular formula is C19H19N5O3. The van der Waals surface area contributed by atoms with Crippen molar-refractivity contribution in [3.63, 3.8) is 0 Å². The van der Waals surface area contributed by atoms with E-state index in [4.69, 9.17) is 0 Å². The minimum atomic E-state index is -0.115. The summed E-state index contributed by atoms with van der Waals surface area (Å²) in [5.41, 5.74) is 2.60. The highest BCUT2D eigenvalue weighted by Gasteiger charge is 2.25. The molecule has 2 aromatic rings. The Balaban J connectivity index is 1.40. The molecule has 2 aliphatic heterocycles. The molecule has 1 N–H and O–H groups in total. The van der Waals surface area contributed by atoms with E-state index in [-0.39, 0.29) is 17.6 Å². The number of Topliss-reactive ketones (excluding diaryl/α,β-unsaturated/α-hetero) is 1. The number of nitrogens with zero attached hydrogens (tertiary/aromatic N) is 4. The fraction of sp³-hybridized carbons (Fsp3) is 0.316. The first-order chi connectivity index (χ1) is 13.0. The van der Waals surface area contributed by atoms with Gasteiger partial charge in [0.05, 0.1) is 6.42 Å². The third-order valence-electron chi connectivity index (χ3n) is 4.88. The molecule has 0 atom stereocenters. The Morgan fingerprint density at radius 1 is 1.04 bits per heavy atom. The number of hydrogen-bond donors (Lipinski definition) is 1. The smallest absolute Gasteiger partial charge is 0.253 e. The molecule has 27 heavy (non-hydrogen) atoms. The lowest BCUT2D eigenvalue weighted by molar-refractivity contribution is -0.115. The molecule has 8 heteroatoms. The monoisotopic (exact) mass is 365 g/mol. The van der Waals surface area contributed by atoms with Gasteiger partial charge >= 0.3 is 0 Å². The zero-order valence-electron chi connectivity index (χ0n) is 14.9. The molecule has 1 fully saturated rings. The lowest BCUT2D eigenvalue weighted by atomic mass is 10.1. The number of piperazine rings is 1. The highest BCUT2D eigenvalue weighted by molar-refractivity contribution is 6.01. The summed E-state index contributed by atoms with van der Waals surface area (Å²) < 4.78 is 0. The van der Waals surface area contributed by atoms with Crippen LogP contribution < -0.4 is 10.2 Å². The number of nitrogens with one attached hydrogen (secondary N) is 1. The van der Waals surface area contributed by atoms with Crippen molar-refractivity contribution in [1.82, 2.24) is 15.1 Å². The van der Waals surface area contributed by atoms with Crippen LogP contribution in [-0.4, -0.2) is 58.9 Å². The molecule has 0 aliphatic carbocycles. The second-order valence-corrected chi connectivity index (χ2v) is 6.71. The molecule has 0 saturated carbocycles. The summed E-state index contributed by atoms with van der Waals surface area (Å²) >= 11 is 0. The van der Waals surface area contributed by atoms with Gasteiger partial charge in [0, 0.05) is 44.4 Å². The minimum Gasteiger partial charge on any atom is -0.352 e. The summed E-state index contributed by atoms with van der Waals surface area (Å²) in [5.74, 6) is 0.514. The molecule has 0 spiro atoms. The maximum Gasteiger partial charge on any atom is 0.253 e. The molecular weight excluding hydrogens is 346 g/mol. The van der Waals surface area contributed by atoms with Crippen molar-refractivity contribution in [2.45, 2.75) is 13.3 Å². The van der Waals surface area contributed by atoms with Gasteiger partial charge in [0.15, 0.2) is 11.6 Å². The summed E-state index contributed by atoms with van der Waals surface area (Å²) in [4.78, 5) is 39.4. The number of anilines is 2. The Kier molecular flexibility index (Phi) is 4.31. The lowest BCUT2D eigenvalue weighted by Crippen LogP contribution is -2.49. The van der Waals surface area contributed by atoms with Crippen LogP contribution in [0.5, 0.6) is 0 Å². The van der Waals surface area contributed by atoms with Crippen LogP contribution in [0.4, 0.5) is 11.5 Å². The third kappa shape index (κ3) is 3.38. The quantitative estimate of drug-likeness (QED) is 0.820. The largest absolute Gasteiger partial charge is 0.352 e. The molecule has 1 aromatic carbocycles. The van der Waals surface area contributed by atoms with Gasteiger partial charge in [-0.2, -0.15) is 0 Å². The molecule has 0 bridgehead atoms. The first-order valence-corrected chi connectivity index (χ1v) is 8.83. The van der Waals surface area contributed by atoms with Gasteiger partial charge in [-0.25, -0.2) is 0 Å². The predicted octanol–water partition coefficient (Wildman–Crippen LogP) is 1.14. The van der Waals surface area contributed by atoms with E-state index < -0.39 is 0 Å². The molecule has 4 rings (SSSR count). The molecule has 1 saturated heterocycles. The molecule has 0 radical (unpaired) electrons. The molecule has 1 aromatic heterocycles. The molecule has 0 unspecified atom stereocenters. The highest BCUT2D eigenvalue weighted by atomic mass is 16.2. The predicted molar refractivity (Wildman–Crippen MR) is 98.9 cm³/mol. The fourth-order valence-electron chi connectivity index (χ4n) is 3.37. The van der Waals surface area contributed by atoms with Crippen molar-refractivity contribution < 1.29 is 14.4 Å². The molecule has 138 valence electrons. The highest BCUT2D eigenvalue weighted by Crippen LogP contribution is 2.25. The van der Waals surface area contributed by atoms with Crippen LogP contribution in [0.1, 0.15) is 33.3 Å². The van der Waals surface area contributed by atoms with E-state index in [1.54, 1.807) is 35.2 Å². The van der Waals surface area contributed by atoms with Crippen molar-refractivity contribution in [3.05, 3.63) is 47.2 Å². The number of aromatic nitrogens is 2. The van der Waals surface area contributed by atoms with Crippen LogP contribution in [0.15, 0.2) is 30.3 Å². The van der Waals surface area contributed by atoms with Crippen molar-refractivity contribution in [3.8, 4) is 0 Å². The van der Waals surface area contributed by atoms with Crippen molar-refractivity contribution in [2.24, 2.45) is 0 Å². The summed E-state index contributed by atoms with van der Waals surface area (Å²) in [6.45, 7) is 3.89. The number of hydrogen-bond acceptors (Lipinski definition) is 6. The van der Waals surface area contributed by atoms with Gasteiger partial charge in [0.1, 0.15) is 5.69 Å². The van der Waals surface area contributed by atoms with Crippen LogP contribution in [0.2, 0.25) is 0 Å². The van der Waals surface area contributed by atoms with Crippen LogP contribution in [0, 0.1) is 0 Å². The van der Waals surface area contributed by atoms with Gasteiger partial charge in [0.25, 0.3) is 5.91 Å². The van der Waals surface area contributed by atoms with Crippen LogP contribution in [0.25, 0.3) is 0 Å². The van der Waals surface area contributed by atoms with E-state index >= 15 is 0 Å². The van der Waals surface area contributed by atoms with E-state index in [2.05, 4.69) is 15.5 Å². The zero-order chi connectivity index (χ0) is 19.0. The number of amides is 2.